The second-order valence-electron chi connectivity index (χ2n) is 17.4. The standard InChI is InChI=1S/C25H22N4O5.2C17H21N/c1-14-22(24(31)29(28-14)17-10-9-15-5-2-3-6-16(15)13-17)27-26-19-8-4-7-18(23(19)30)20-11-12-21(34-20)25(32)33;2*1-3-9-16(10-4-1)11-7-8-14-18-15-17-12-5-2-6-13-17/h4,7-13,28,30H,2-3,5-6H2,1H3,(H,32,33);2*1-6,9-10,12-13,18H,7-8,11,14-15H2. The van der Waals surface area contributed by atoms with Crippen LogP contribution in [-0.2, 0) is 38.8 Å². The van der Waals surface area contributed by atoms with Gasteiger partial charge in [0, 0.05) is 13.1 Å². The number of aromatic hydroxyl groups is 1. The molecule has 0 aliphatic heterocycles. The van der Waals surface area contributed by atoms with E-state index in [2.05, 4.69) is 153 Å². The van der Waals surface area contributed by atoms with Crippen molar-refractivity contribution in [3.8, 4) is 22.8 Å². The van der Waals surface area contributed by atoms with Crippen LogP contribution in [0.1, 0.15) is 88.2 Å². The van der Waals surface area contributed by atoms with Gasteiger partial charge in [0.2, 0.25) is 5.76 Å². The maximum atomic E-state index is 13.1. The minimum Gasteiger partial charge on any atom is -0.505 e. The smallest absolute Gasteiger partial charge is 0.371 e. The number of furan rings is 1. The number of benzene rings is 6. The molecule has 0 amide bonds. The summed E-state index contributed by atoms with van der Waals surface area (Å²) in [6.07, 6.45) is 11.8. The Kier molecular flexibility index (Phi) is 19.3. The number of carbonyl (C=O) groups is 1. The number of nitrogens with one attached hydrogen (secondary N) is 3. The van der Waals surface area contributed by atoms with E-state index in [1.54, 1.807) is 19.1 Å². The van der Waals surface area contributed by atoms with Gasteiger partial charge in [-0.3, -0.25) is 9.89 Å². The fourth-order valence-corrected chi connectivity index (χ4v) is 8.31. The summed E-state index contributed by atoms with van der Waals surface area (Å²) in [6, 6.07) is 56.1. The number of aromatic nitrogens is 2. The maximum absolute atomic E-state index is 13.1. The molecule has 0 saturated heterocycles. The summed E-state index contributed by atoms with van der Waals surface area (Å²) < 4.78 is 6.72. The molecule has 6 aromatic carbocycles. The van der Waals surface area contributed by atoms with Gasteiger partial charge in [0.1, 0.15) is 11.4 Å². The number of para-hydroxylation sites is 1. The molecule has 0 fully saturated rings. The lowest BCUT2D eigenvalue weighted by Gasteiger charge is -2.16. The molecular weight excluding hydrogens is 873 g/mol. The minimum absolute atomic E-state index is 0.117. The van der Waals surface area contributed by atoms with Crippen molar-refractivity contribution in [3.63, 3.8) is 0 Å². The summed E-state index contributed by atoms with van der Waals surface area (Å²) in [4.78, 5) is 24.1. The number of aromatic amines is 1. The van der Waals surface area contributed by atoms with E-state index in [1.807, 2.05) is 12.1 Å². The quantitative estimate of drug-likeness (QED) is 0.0399. The Labute approximate surface area is 411 Å². The number of aromatic carboxylic acids is 1. The van der Waals surface area contributed by atoms with E-state index in [4.69, 9.17) is 9.52 Å². The Hall–Kier alpha value is -7.60. The van der Waals surface area contributed by atoms with Gasteiger partial charge in [0.25, 0.3) is 5.56 Å². The molecule has 11 nitrogen and oxygen atoms in total. The number of fused-ring (bicyclic) bond motifs is 1. The van der Waals surface area contributed by atoms with Crippen LogP contribution in [-0.4, -0.2) is 39.1 Å². The Morgan fingerprint density at radius 3 is 1.71 bits per heavy atom. The lowest BCUT2D eigenvalue weighted by atomic mass is 9.91. The van der Waals surface area contributed by atoms with E-state index in [1.165, 1.54) is 101 Å². The van der Waals surface area contributed by atoms with Gasteiger partial charge < -0.3 is 25.3 Å². The molecule has 11 heteroatoms. The lowest BCUT2D eigenvalue weighted by molar-refractivity contribution is 0.0663. The molecule has 0 unspecified atom stereocenters. The average molecular weight is 937 g/mol. The zero-order valence-electron chi connectivity index (χ0n) is 40.0. The fourth-order valence-electron chi connectivity index (χ4n) is 8.31. The van der Waals surface area contributed by atoms with Gasteiger partial charge in [0.15, 0.2) is 11.4 Å². The fraction of sp³-hybridized carbons (Fsp3) is 0.254. The van der Waals surface area contributed by atoms with Crippen molar-refractivity contribution in [1.82, 2.24) is 20.4 Å². The SMILES string of the molecule is Cc1[nH]n(-c2ccc3c(c2)CCCC3)c(=O)c1N=Nc1cccc(-c2ccc(C(=O)O)o2)c1O.c1ccc(CCCCNCc2ccccc2)cc1.c1ccc(CCCCNCc2ccccc2)cc1. The molecule has 8 aromatic rings. The van der Waals surface area contributed by atoms with Gasteiger partial charge in [-0.05, 0) is 154 Å². The molecule has 0 spiro atoms. The number of azo groups is 1. The van der Waals surface area contributed by atoms with Crippen LogP contribution in [0, 0.1) is 6.92 Å². The van der Waals surface area contributed by atoms with E-state index in [-0.39, 0.29) is 39.8 Å². The van der Waals surface area contributed by atoms with Crippen LogP contribution in [0.15, 0.2) is 189 Å². The zero-order chi connectivity index (χ0) is 48.8. The normalized spacial score (nSPS) is 11.8. The van der Waals surface area contributed by atoms with Crippen LogP contribution in [0.4, 0.5) is 11.4 Å². The second kappa shape index (κ2) is 26.8. The molecule has 5 N–H and O–H groups in total. The molecule has 0 saturated carbocycles. The van der Waals surface area contributed by atoms with E-state index in [0.29, 0.717) is 5.69 Å². The lowest BCUT2D eigenvalue weighted by Crippen LogP contribution is -2.15. The monoisotopic (exact) mass is 936 g/mol. The van der Waals surface area contributed by atoms with E-state index < -0.39 is 5.97 Å². The number of H-pyrrole nitrogens is 1. The number of hydrogen-bond acceptors (Lipinski definition) is 8. The summed E-state index contributed by atoms with van der Waals surface area (Å²) in [5, 5.41) is 37.9. The van der Waals surface area contributed by atoms with Crippen molar-refractivity contribution in [2.45, 2.75) is 84.2 Å². The number of aryl methyl sites for hydroxylation is 5. The Morgan fingerprint density at radius 2 is 1.17 bits per heavy atom. The van der Waals surface area contributed by atoms with Crippen molar-refractivity contribution in [1.29, 1.82) is 0 Å². The first-order valence-electron chi connectivity index (χ1n) is 24.4. The number of hydrogen-bond donors (Lipinski definition) is 5. The summed E-state index contributed by atoms with van der Waals surface area (Å²) in [7, 11) is 0. The molecule has 0 radical (unpaired) electrons. The summed E-state index contributed by atoms with van der Waals surface area (Å²) in [5.74, 6) is -1.51. The Bertz CT molecular complexity index is 2740. The molecule has 0 atom stereocenters. The van der Waals surface area contributed by atoms with Crippen molar-refractivity contribution < 1.29 is 19.4 Å². The molecule has 2 heterocycles. The van der Waals surface area contributed by atoms with Gasteiger partial charge in [-0.2, -0.15) is 0 Å². The van der Waals surface area contributed by atoms with Gasteiger partial charge in [0.05, 0.1) is 16.9 Å². The van der Waals surface area contributed by atoms with Crippen LogP contribution in [0.2, 0.25) is 0 Å². The summed E-state index contributed by atoms with van der Waals surface area (Å²) in [5.41, 5.74) is 9.66. The van der Waals surface area contributed by atoms with Crippen molar-refractivity contribution >= 4 is 17.3 Å². The van der Waals surface area contributed by atoms with Crippen molar-refractivity contribution in [3.05, 3.63) is 225 Å². The third-order valence-corrected chi connectivity index (χ3v) is 12.2. The number of unbranched alkanes of at least 4 members (excludes halogenated alkanes) is 2. The van der Waals surface area contributed by atoms with Crippen LogP contribution < -0.4 is 16.2 Å². The van der Waals surface area contributed by atoms with E-state index in [9.17, 15) is 14.7 Å². The molecular formula is C59H64N6O5. The van der Waals surface area contributed by atoms with Crippen molar-refractivity contribution in [2.75, 3.05) is 13.1 Å². The predicted molar refractivity (Wildman–Crippen MR) is 280 cm³/mol. The highest BCUT2D eigenvalue weighted by molar-refractivity contribution is 5.85. The zero-order valence-corrected chi connectivity index (χ0v) is 40.0. The second-order valence-corrected chi connectivity index (χ2v) is 17.4. The number of rotatable bonds is 19. The topological polar surface area (TPSA) is 157 Å². The third-order valence-electron chi connectivity index (χ3n) is 12.2. The first-order chi connectivity index (χ1) is 34.3. The first-order valence-corrected chi connectivity index (χ1v) is 24.4. The highest BCUT2D eigenvalue weighted by Gasteiger charge is 2.18. The highest BCUT2D eigenvalue weighted by Crippen LogP contribution is 2.38. The third kappa shape index (κ3) is 15.2. The van der Waals surface area contributed by atoms with Gasteiger partial charge in [-0.15, -0.1) is 10.2 Å². The summed E-state index contributed by atoms with van der Waals surface area (Å²) in [6.45, 7) is 5.89. The summed E-state index contributed by atoms with van der Waals surface area (Å²) >= 11 is 0. The number of carboxylic acid groups (broad SMARTS) is 1. The number of phenolic OH excluding ortho intramolecular Hbond substituents is 1. The maximum Gasteiger partial charge on any atom is 0.371 e. The van der Waals surface area contributed by atoms with E-state index >= 15 is 0 Å². The van der Waals surface area contributed by atoms with Gasteiger partial charge in [-0.25, -0.2) is 9.48 Å². The van der Waals surface area contributed by atoms with Crippen LogP contribution in [0.25, 0.3) is 17.0 Å². The Balaban J connectivity index is 0.000000170. The largest absolute Gasteiger partial charge is 0.505 e. The number of nitrogens with zero attached hydrogens (tertiary/aromatic N) is 3. The number of phenols is 1. The molecule has 9 rings (SSSR count). The number of carboxylic acids is 1. The molecule has 1 aliphatic carbocycles. The van der Waals surface area contributed by atoms with Crippen molar-refractivity contribution in [2.24, 2.45) is 10.2 Å². The van der Waals surface area contributed by atoms with Gasteiger partial charge >= 0.3 is 5.97 Å². The molecule has 70 heavy (non-hydrogen) atoms. The highest BCUT2D eigenvalue weighted by atomic mass is 16.4. The Morgan fingerprint density at radius 1 is 0.629 bits per heavy atom. The molecule has 360 valence electrons. The van der Waals surface area contributed by atoms with Crippen LogP contribution >= 0.6 is 0 Å². The average Bonchev–Trinajstić information content (AvgIpc) is 4.01. The van der Waals surface area contributed by atoms with Crippen LogP contribution in [0.5, 0.6) is 5.75 Å². The first kappa shape index (κ1) is 50.3. The van der Waals surface area contributed by atoms with Crippen LogP contribution in [0.3, 0.4) is 0 Å². The molecule has 2 aromatic heterocycles. The van der Waals surface area contributed by atoms with Gasteiger partial charge in [-0.1, -0.05) is 133 Å². The molecule has 1 aliphatic rings. The minimum atomic E-state index is -1.21. The predicted octanol–water partition coefficient (Wildman–Crippen LogP) is 13.0. The molecule has 0 bridgehead atoms. The van der Waals surface area contributed by atoms with E-state index in [0.717, 1.165) is 51.1 Å².